The van der Waals surface area contributed by atoms with Gasteiger partial charge in [-0.3, -0.25) is 14.6 Å². The summed E-state index contributed by atoms with van der Waals surface area (Å²) in [5.41, 5.74) is 3.93. The van der Waals surface area contributed by atoms with Crippen molar-refractivity contribution in [1.82, 2.24) is 30.2 Å². The van der Waals surface area contributed by atoms with E-state index >= 15 is 0 Å². The lowest BCUT2D eigenvalue weighted by molar-refractivity contribution is 0.0789. The molecule has 2 unspecified atom stereocenters. The van der Waals surface area contributed by atoms with Crippen molar-refractivity contribution in [3.05, 3.63) is 34.9 Å². The molecule has 4 heterocycles. The van der Waals surface area contributed by atoms with Crippen LogP contribution >= 0.6 is 0 Å². The van der Waals surface area contributed by atoms with Crippen LogP contribution in [0.5, 0.6) is 0 Å². The van der Waals surface area contributed by atoms with Crippen molar-refractivity contribution in [2.45, 2.75) is 38.4 Å². The SMILES string of the molecule is CC1Cc2nn3c(c2CN1)C(=O)N(C)CC(c1ccn[nH]1)C3. The minimum Gasteiger partial charge on any atom is -0.340 e. The summed E-state index contributed by atoms with van der Waals surface area (Å²) in [5, 5.41) is 15.2. The fourth-order valence-electron chi connectivity index (χ4n) is 3.46. The van der Waals surface area contributed by atoms with Crippen LogP contribution in [0.2, 0.25) is 0 Å². The van der Waals surface area contributed by atoms with Crippen LogP contribution in [0, 0.1) is 0 Å². The molecule has 7 nitrogen and oxygen atoms in total. The van der Waals surface area contributed by atoms with Gasteiger partial charge in [0.25, 0.3) is 5.91 Å². The summed E-state index contributed by atoms with van der Waals surface area (Å²) in [7, 11) is 1.86. The number of aromatic nitrogens is 4. The number of nitrogens with one attached hydrogen (secondary N) is 2. The average Bonchev–Trinajstić information content (AvgIpc) is 3.10. The van der Waals surface area contributed by atoms with Gasteiger partial charge in [-0.25, -0.2) is 0 Å². The van der Waals surface area contributed by atoms with E-state index in [0.717, 1.165) is 35.6 Å². The molecule has 7 heteroatoms. The van der Waals surface area contributed by atoms with E-state index in [9.17, 15) is 4.79 Å². The van der Waals surface area contributed by atoms with Crippen LogP contribution in [0.25, 0.3) is 0 Å². The first-order valence-electron chi connectivity index (χ1n) is 7.70. The van der Waals surface area contributed by atoms with Gasteiger partial charge in [0.2, 0.25) is 0 Å². The number of aromatic amines is 1. The molecule has 2 aliphatic heterocycles. The van der Waals surface area contributed by atoms with Crippen LogP contribution in [0.3, 0.4) is 0 Å². The highest BCUT2D eigenvalue weighted by atomic mass is 16.2. The van der Waals surface area contributed by atoms with E-state index in [1.54, 1.807) is 11.1 Å². The molecule has 0 fully saturated rings. The second-order valence-corrected chi connectivity index (χ2v) is 6.34. The molecule has 0 spiro atoms. The zero-order chi connectivity index (χ0) is 15.3. The van der Waals surface area contributed by atoms with Crippen LogP contribution < -0.4 is 5.32 Å². The Kier molecular flexibility index (Phi) is 3.04. The standard InChI is InChI=1S/C15H20N6O/c1-9-5-13-11(6-16-9)14-15(22)20(2)7-10(8-21(14)19-13)12-3-4-17-18-12/h3-4,9-10,16H,5-8H2,1-2H3,(H,17,18). The normalized spacial score (nSPS) is 24.8. The molecule has 1 amide bonds. The summed E-state index contributed by atoms with van der Waals surface area (Å²) in [4.78, 5) is 14.6. The van der Waals surface area contributed by atoms with Gasteiger partial charge in [0.1, 0.15) is 5.69 Å². The van der Waals surface area contributed by atoms with Gasteiger partial charge in [0.15, 0.2) is 0 Å². The van der Waals surface area contributed by atoms with Gasteiger partial charge in [-0.05, 0) is 13.0 Å². The quantitative estimate of drug-likeness (QED) is 0.804. The highest BCUT2D eigenvalue weighted by Gasteiger charge is 2.33. The fourth-order valence-corrected chi connectivity index (χ4v) is 3.46. The van der Waals surface area contributed by atoms with Crippen LogP contribution in [-0.2, 0) is 19.5 Å². The molecule has 22 heavy (non-hydrogen) atoms. The summed E-state index contributed by atoms with van der Waals surface area (Å²) in [6.07, 6.45) is 2.63. The van der Waals surface area contributed by atoms with E-state index in [2.05, 4.69) is 22.4 Å². The minimum atomic E-state index is 0.0621. The van der Waals surface area contributed by atoms with Gasteiger partial charge in [-0.15, -0.1) is 0 Å². The first-order chi connectivity index (χ1) is 10.6. The van der Waals surface area contributed by atoms with Crippen LogP contribution in [0.1, 0.15) is 40.3 Å². The molecule has 0 aromatic carbocycles. The fraction of sp³-hybridized carbons (Fsp3) is 0.533. The first kappa shape index (κ1) is 13.5. The molecule has 4 rings (SSSR count). The molecule has 0 aliphatic carbocycles. The zero-order valence-corrected chi connectivity index (χ0v) is 12.8. The molecule has 2 aliphatic rings. The third-order valence-corrected chi connectivity index (χ3v) is 4.66. The third kappa shape index (κ3) is 2.04. The van der Waals surface area contributed by atoms with Gasteiger partial charge >= 0.3 is 0 Å². The van der Waals surface area contributed by atoms with Gasteiger partial charge in [0.05, 0.1) is 12.2 Å². The van der Waals surface area contributed by atoms with Crippen molar-refractivity contribution in [3.8, 4) is 0 Å². The van der Waals surface area contributed by atoms with Gasteiger partial charge in [0, 0.05) is 56.0 Å². The second kappa shape index (κ2) is 4.95. The number of rotatable bonds is 1. The van der Waals surface area contributed by atoms with Crippen molar-refractivity contribution in [2.75, 3.05) is 13.6 Å². The lowest BCUT2D eigenvalue weighted by atomic mass is 10.0. The van der Waals surface area contributed by atoms with E-state index in [1.165, 1.54) is 0 Å². The number of carbonyl (C=O) groups is 1. The molecule has 2 N–H and O–H groups in total. The predicted octanol–water partition coefficient (Wildman–Crippen LogP) is 0.510. The molecule has 0 saturated carbocycles. The summed E-state index contributed by atoms with van der Waals surface area (Å²) >= 11 is 0. The van der Waals surface area contributed by atoms with E-state index in [0.29, 0.717) is 19.1 Å². The Hall–Kier alpha value is -2.15. The number of likely N-dealkylation sites (N-methyl/N-ethyl adjacent to an activating group) is 1. The summed E-state index contributed by atoms with van der Waals surface area (Å²) in [6, 6.07) is 2.38. The molecule has 0 saturated heterocycles. The minimum absolute atomic E-state index is 0.0621. The Morgan fingerprint density at radius 1 is 1.36 bits per heavy atom. The van der Waals surface area contributed by atoms with Gasteiger partial charge in [-0.2, -0.15) is 10.2 Å². The number of carbonyl (C=O) groups excluding carboxylic acids is 1. The van der Waals surface area contributed by atoms with E-state index < -0.39 is 0 Å². The Morgan fingerprint density at radius 2 is 2.23 bits per heavy atom. The lowest BCUT2D eigenvalue weighted by Gasteiger charge is -2.21. The van der Waals surface area contributed by atoms with Gasteiger partial charge in [-0.1, -0.05) is 0 Å². The summed E-state index contributed by atoms with van der Waals surface area (Å²) in [5.74, 6) is 0.247. The number of hydrogen-bond acceptors (Lipinski definition) is 4. The van der Waals surface area contributed by atoms with E-state index in [1.807, 2.05) is 17.8 Å². The Labute approximate surface area is 128 Å². The van der Waals surface area contributed by atoms with Crippen molar-refractivity contribution in [2.24, 2.45) is 0 Å². The molecule has 116 valence electrons. The smallest absolute Gasteiger partial charge is 0.272 e. The van der Waals surface area contributed by atoms with Crippen molar-refractivity contribution in [3.63, 3.8) is 0 Å². The molecule has 2 atom stereocenters. The van der Waals surface area contributed by atoms with Crippen LogP contribution in [0.4, 0.5) is 0 Å². The van der Waals surface area contributed by atoms with E-state index in [-0.39, 0.29) is 11.8 Å². The number of fused-ring (bicyclic) bond motifs is 3. The molecular weight excluding hydrogens is 280 g/mol. The maximum Gasteiger partial charge on any atom is 0.272 e. The van der Waals surface area contributed by atoms with Crippen molar-refractivity contribution < 1.29 is 4.79 Å². The van der Waals surface area contributed by atoms with Gasteiger partial charge < -0.3 is 10.2 Å². The Bertz CT molecular complexity index is 704. The second-order valence-electron chi connectivity index (χ2n) is 6.34. The number of amides is 1. The Morgan fingerprint density at radius 3 is 3.00 bits per heavy atom. The molecule has 0 radical (unpaired) electrons. The predicted molar refractivity (Wildman–Crippen MR) is 80.5 cm³/mol. The molecular formula is C15H20N6O. The number of H-pyrrole nitrogens is 1. The summed E-state index contributed by atoms with van der Waals surface area (Å²) < 4.78 is 1.90. The lowest BCUT2D eigenvalue weighted by Crippen LogP contribution is -2.35. The monoisotopic (exact) mass is 300 g/mol. The molecule has 2 aromatic rings. The number of nitrogens with zero attached hydrogens (tertiary/aromatic N) is 4. The maximum absolute atomic E-state index is 12.8. The summed E-state index contributed by atoms with van der Waals surface area (Å²) in [6.45, 7) is 4.24. The molecule has 2 aromatic heterocycles. The maximum atomic E-state index is 12.8. The van der Waals surface area contributed by atoms with Crippen LogP contribution in [0.15, 0.2) is 12.3 Å². The Balaban J connectivity index is 1.78. The molecule has 0 bridgehead atoms. The van der Waals surface area contributed by atoms with E-state index in [4.69, 9.17) is 5.10 Å². The highest BCUT2D eigenvalue weighted by molar-refractivity contribution is 5.94. The van der Waals surface area contributed by atoms with Crippen molar-refractivity contribution in [1.29, 1.82) is 0 Å². The largest absolute Gasteiger partial charge is 0.340 e. The first-order valence-corrected chi connectivity index (χ1v) is 7.70. The average molecular weight is 300 g/mol. The number of hydrogen-bond donors (Lipinski definition) is 2. The zero-order valence-electron chi connectivity index (χ0n) is 12.8. The topological polar surface area (TPSA) is 78.8 Å². The third-order valence-electron chi connectivity index (χ3n) is 4.66. The highest BCUT2D eigenvalue weighted by Crippen LogP contribution is 2.27. The van der Waals surface area contributed by atoms with Crippen molar-refractivity contribution >= 4 is 5.91 Å². The van der Waals surface area contributed by atoms with Crippen LogP contribution in [-0.4, -0.2) is 50.4 Å².